The third kappa shape index (κ3) is 25.0. The minimum Gasteiger partial charge on any atom is -0.508 e. The predicted molar refractivity (Wildman–Crippen MR) is 181 cm³/mol. The Balaban J connectivity index is -0.000000217. The van der Waals surface area contributed by atoms with Crippen LogP contribution in [-0.4, -0.2) is 23.9 Å². The maximum atomic E-state index is 8.94. The van der Waals surface area contributed by atoms with Gasteiger partial charge in [0.2, 0.25) is 0 Å². The van der Waals surface area contributed by atoms with E-state index in [2.05, 4.69) is 70.3 Å². The van der Waals surface area contributed by atoms with Gasteiger partial charge in [0.1, 0.15) is 18.1 Å². The zero-order valence-electron chi connectivity index (χ0n) is 27.3. The number of phenolic OH excluding ortho intramolecular Hbond substituents is 1. The first-order valence-electron chi connectivity index (χ1n) is 14.8. The Labute approximate surface area is 248 Å². The van der Waals surface area contributed by atoms with Crippen molar-refractivity contribution in [2.45, 2.75) is 88.0 Å². The first-order chi connectivity index (χ1) is 19.6. The van der Waals surface area contributed by atoms with Crippen LogP contribution in [0.25, 0.3) is 0 Å². The SMILES string of the molecule is C=CCOc1cccc(CC)c1.C=CCc1cccc(CC)c1.CC.CC.CC.CCc1cccc(O)c1.CO. The maximum absolute atomic E-state index is 8.94. The minimum absolute atomic E-state index is 0.356. The number of aliphatic hydroxyl groups excluding tert-OH is 1. The van der Waals surface area contributed by atoms with Crippen LogP contribution in [0, 0.1) is 0 Å². The zero-order chi connectivity index (χ0) is 31.6. The van der Waals surface area contributed by atoms with Crippen LogP contribution in [0.3, 0.4) is 0 Å². The lowest BCUT2D eigenvalue weighted by Gasteiger charge is -2.03. The number of rotatable bonds is 8. The van der Waals surface area contributed by atoms with Crippen LogP contribution in [0.5, 0.6) is 11.5 Å². The van der Waals surface area contributed by atoms with Gasteiger partial charge in [0.05, 0.1) is 0 Å². The number of ether oxygens (including phenoxy) is 1. The molecule has 3 aromatic carbocycles. The second-order valence-electron chi connectivity index (χ2n) is 7.29. The van der Waals surface area contributed by atoms with Gasteiger partial charge >= 0.3 is 0 Å². The van der Waals surface area contributed by atoms with E-state index in [1.54, 1.807) is 18.2 Å². The lowest BCUT2D eigenvalue weighted by Crippen LogP contribution is -1.93. The summed E-state index contributed by atoms with van der Waals surface area (Å²) in [6.07, 6.45) is 7.81. The summed E-state index contributed by atoms with van der Waals surface area (Å²) < 4.78 is 5.38. The van der Waals surface area contributed by atoms with Gasteiger partial charge in [-0.15, -0.1) is 6.58 Å². The lowest BCUT2D eigenvalue weighted by atomic mass is 10.1. The van der Waals surface area contributed by atoms with Gasteiger partial charge in [-0.2, -0.15) is 0 Å². The number of hydrogen-bond acceptors (Lipinski definition) is 3. The fourth-order valence-electron chi connectivity index (χ4n) is 2.93. The van der Waals surface area contributed by atoms with Gasteiger partial charge in [0.15, 0.2) is 0 Å². The summed E-state index contributed by atoms with van der Waals surface area (Å²) in [5.74, 6) is 1.28. The summed E-state index contributed by atoms with van der Waals surface area (Å²) in [6.45, 7) is 26.3. The molecule has 0 atom stereocenters. The molecule has 0 aromatic heterocycles. The quantitative estimate of drug-likeness (QED) is 0.273. The van der Waals surface area contributed by atoms with Crippen molar-refractivity contribution in [2.24, 2.45) is 0 Å². The van der Waals surface area contributed by atoms with Crippen molar-refractivity contribution in [3.8, 4) is 11.5 Å². The lowest BCUT2D eigenvalue weighted by molar-refractivity contribution is 0.363. The standard InChI is InChI=1S/C11H14O.C11H14.C8H10O.3C2H6.CH4O/c1-3-8-12-11-7-5-6-10(4-2)9-11;1-3-6-11-8-5-7-10(4-2)9-11;1-2-7-4-3-5-8(9)6-7;4*1-2/h3,5-7,9H,1,4,8H2,2H3;3,5,7-9H,1,4,6H2,2H3;3-6,9H,2H2,1H3;3*1-2H3;2H,1H3. The topological polar surface area (TPSA) is 49.7 Å². The number of benzene rings is 3. The third-order valence-electron chi connectivity index (χ3n) is 4.77. The highest BCUT2D eigenvalue weighted by molar-refractivity contribution is 5.29. The smallest absolute Gasteiger partial charge is 0.120 e. The summed E-state index contributed by atoms with van der Waals surface area (Å²) in [5, 5.41) is 15.9. The van der Waals surface area contributed by atoms with Gasteiger partial charge in [0, 0.05) is 7.11 Å². The second kappa shape index (κ2) is 35.7. The molecular formula is C37H60O3. The highest BCUT2D eigenvalue weighted by atomic mass is 16.5. The molecule has 0 amide bonds. The van der Waals surface area contributed by atoms with Gasteiger partial charge in [-0.05, 0) is 72.2 Å². The summed E-state index contributed by atoms with van der Waals surface area (Å²) in [4.78, 5) is 0. The molecule has 2 N–H and O–H groups in total. The van der Waals surface area contributed by atoms with Crippen LogP contribution in [0.2, 0.25) is 0 Å². The van der Waals surface area contributed by atoms with E-state index in [0.717, 1.165) is 38.5 Å². The summed E-state index contributed by atoms with van der Waals surface area (Å²) >= 11 is 0. The molecule has 0 unspecified atom stereocenters. The van der Waals surface area contributed by atoms with Gasteiger partial charge in [-0.3, -0.25) is 0 Å². The number of hydrogen-bond donors (Lipinski definition) is 2. The molecule has 0 bridgehead atoms. The fourth-order valence-corrected chi connectivity index (χ4v) is 2.93. The van der Waals surface area contributed by atoms with Crippen molar-refractivity contribution in [1.29, 1.82) is 0 Å². The molecule has 226 valence electrons. The molecular weight excluding hydrogens is 492 g/mol. The largest absolute Gasteiger partial charge is 0.508 e. The first-order valence-corrected chi connectivity index (χ1v) is 14.8. The summed E-state index contributed by atoms with van der Waals surface area (Å²) in [7, 11) is 1.00. The van der Waals surface area contributed by atoms with E-state index >= 15 is 0 Å². The van der Waals surface area contributed by atoms with Crippen LogP contribution in [0.4, 0.5) is 0 Å². The number of phenols is 1. The molecule has 0 aliphatic carbocycles. The van der Waals surface area contributed by atoms with Crippen LogP contribution in [0.15, 0.2) is 98.1 Å². The highest BCUT2D eigenvalue weighted by Crippen LogP contribution is 2.13. The van der Waals surface area contributed by atoms with Gasteiger partial charge < -0.3 is 14.9 Å². The van der Waals surface area contributed by atoms with Gasteiger partial charge in [-0.1, -0.05) is 130 Å². The van der Waals surface area contributed by atoms with E-state index in [1.165, 1.54) is 22.3 Å². The van der Waals surface area contributed by atoms with Crippen molar-refractivity contribution in [3.63, 3.8) is 0 Å². The first kappa shape index (κ1) is 43.7. The van der Waals surface area contributed by atoms with Crippen molar-refractivity contribution < 1.29 is 14.9 Å². The zero-order valence-corrected chi connectivity index (χ0v) is 27.3. The molecule has 3 aromatic rings. The van der Waals surface area contributed by atoms with Crippen LogP contribution < -0.4 is 4.74 Å². The van der Waals surface area contributed by atoms with Crippen molar-refractivity contribution in [1.82, 2.24) is 0 Å². The van der Waals surface area contributed by atoms with Crippen molar-refractivity contribution >= 4 is 0 Å². The van der Waals surface area contributed by atoms with E-state index < -0.39 is 0 Å². The third-order valence-corrected chi connectivity index (χ3v) is 4.77. The number of aliphatic hydroxyl groups is 1. The van der Waals surface area contributed by atoms with E-state index in [4.69, 9.17) is 14.9 Å². The molecule has 0 aliphatic heterocycles. The number of aryl methyl sites for hydroxylation is 3. The number of allylic oxidation sites excluding steroid dienone is 1. The summed E-state index contributed by atoms with van der Waals surface area (Å²) in [5.41, 5.74) is 5.25. The molecule has 0 radical (unpaired) electrons. The van der Waals surface area contributed by atoms with E-state index in [1.807, 2.05) is 71.9 Å². The second-order valence-corrected chi connectivity index (χ2v) is 7.29. The van der Waals surface area contributed by atoms with Crippen molar-refractivity contribution in [2.75, 3.05) is 13.7 Å². The Bertz CT molecular complexity index is 932. The molecule has 3 rings (SSSR count). The van der Waals surface area contributed by atoms with E-state index in [0.29, 0.717) is 12.4 Å². The summed E-state index contributed by atoms with van der Waals surface area (Å²) in [6, 6.07) is 24.1. The Morgan fingerprint density at radius 3 is 1.45 bits per heavy atom. The Kier molecular flexibility index (Phi) is 39.0. The Morgan fingerprint density at radius 1 is 0.600 bits per heavy atom. The maximum Gasteiger partial charge on any atom is 0.120 e. The molecule has 40 heavy (non-hydrogen) atoms. The van der Waals surface area contributed by atoms with Crippen LogP contribution >= 0.6 is 0 Å². The molecule has 0 heterocycles. The molecule has 0 aliphatic rings. The molecule has 0 saturated carbocycles. The van der Waals surface area contributed by atoms with Gasteiger partial charge in [-0.25, -0.2) is 0 Å². The highest BCUT2D eigenvalue weighted by Gasteiger charge is 1.93. The Hall–Kier alpha value is -3.30. The van der Waals surface area contributed by atoms with Crippen LogP contribution in [-0.2, 0) is 25.7 Å². The number of aromatic hydroxyl groups is 1. The average Bonchev–Trinajstić information content (AvgIpc) is 3.05. The van der Waals surface area contributed by atoms with E-state index in [9.17, 15) is 0 Å². The van der Waals surface area contributed by atoms with E-state index in [-0.39, 0.29) is 0 Å². The molecule has 3 nitrogen and oxygen atoms in total. The normalized spacial score (nSPS) is 8.18. The predicted octanol–water partition coefficient (Wildman–Crippen LogP) is 10.4. The van der Waals surface area contributed by atoms with Gasteiger partial charge in [0.25, 0.3) is 0 Å². The molecule has 0 spiro atoms. The van der Waals surface area contributed by atoms with Crippen LogP contribution in [0.1, 0.15) is 84.6 Å². The molecule has 3 heteroatoms. The Morgan fingerprint density at radius 2 is 1.02 bits per heavy atom. The fraction of sp³-hybridized carbons (Fsp3) is 0.405. The van der Waals surface area contributed by atoms with Crippen molar-refractivity contribution in [3.05, 3.63) is 120 Å². The minimum atomic E-state index is 0.356. The molecule has 0 saturated heterocycles. The monoisotopic (exact) mass is 552 g/mol. The average molecular weight is 553 g/mol. The molecule has 0 fully saturated rings.